The monoisotopic (exact) mass is 436 g/mol. The number of fused-ring (bicyclic) bond motifs is 1. The maximum atomic E-state index is 13.2. The van der Waals surface area contributed by atoms with Gasteiger partial charge in [0.1, 0.15) is 17.2 Å². The molecule has 1 N–H and O–H groups in total. The lowest BCUT2D eigenvalue weighted by Gasteiger charge is -2.31. The molecule has 8 nitrogen and oxygen atoms in total. The minimum atomic E-state index is -0.620. The normalized spacial score (nSPS) is 22.7. The zero-order chi connectivity index (χ0) is 21.5. The van der Waals surface area contributed by atoms with Crippen molar-refractivity contribution >= 4 is 29.0 Å². The molecule has 2 aromatic heterocycles. The number of hydrogen-bond acceptors (Lipinski definition) is 6. The number of anilines is 1. The summed E-state index contributed by atoms with van der Waals surface area (Å²) in [7, 11) is 0. The number of amides is 1. The van der Waals surface area contributed by atoms with E-state index in [0.29, 0.717) is 11.3 Å². The van der Waals surface area contributed by atoms with Gasteiger partial charge in [0, 0.05) is 6.04 Å². The van der Waals surface area contributed by atoms with E-state index in [1.54, 1.807) is 9.42 Å². The van der Waals surface area contributed by atoms with Crippen molar-refractivity contribution in [1.82, 2.24) is 14.6 Å². The van der Waals surface area contributed by atoms with Gasteiger partial charge in [0.25, 0.3) is 0 Å². The van der Waals surface area contributed by atoms with Crippen molar-refractivity contribution in [1.29, 1.82) is 0 Å². The van der Waals surface area contributed by atoms with Crippen molar-refractivity contribution in [2.75, 3.05) is 11.5 Å². The fourth-order valence-corrected chi connectivity index (χ4v) is 4.49. The number of halogens is 1. The summed E-state index contributed by atoms with van der Waals surface area (Å²) in [4.78, 5) is 19.3. The summed E-state index contributed by atoms with van der Waals surface area (Å²) in [5.74, 6) is 0.458. The van der Waals surface area contributed by atoms with E-state index < -0.39 is 11.7 Å². The molecule has 3 heterocycles. The molecule has 1 aliphatic heterocycles. The molecule has 4 rings (SSSR count). The Bertz CT molecular complexity index is 920. The molecule has 1 saturated carbocycles. The van der Waals surface area contributed by atoms with Crippen LogP contribution in [0.5, 0.6) is 0 Å². The van der Waals surface area contributed by atoms with E-state index in [4.69, 9.17) is 21.1 Å². The Morgan fingerprint density at radius 3 is 2.67 bits per heavy atom. The van der Waals surface area contributed by atoms with Crippen LogP contribution in [0.25, 0.3) is 5.52 Å². The van der Waals surface area contributed by atoms with Gasteiger partial charge in [0.15, 0.2) is 5.82 Å². The molecule has 1 aliphatic carbocycles. The van der Waals surface area contributed by atoms with Crippen molar-refractivity contribution in [3.63, 3.8) is 0 Å². The quantitative estimate of drug-likeness (QED) is 0.769. The summed E-state index contributed by atoms with van der Waals surface area (Å²) >= 11 is 6.30. The number of aliphatic hydroxyl groups excluding tert-OH is 1. The molecule has 0 radical (unpaired) electrons. The standard InChI is InChI=1S/C21H29ClN4O4/c1-21(2,3)30-20(28)25(13-6-4-5-7-13)18-16-10-9-15(26(16)24-19(22)23-18)17-11-8-14(12-27)29-17/h9-10,13-14,17,27H,4-8,11-12H2,1-3H3/t14?,17-/m0/s1. The zero-order valence-electron chi connectivity index (χ0n) is 17.7. The van der Waals surface area contributed by atoms with Gasteiger partial charge in [-0.1, -0.05) is 12.8 Å². The maximum absolute atomic E-state index is 13.2. The van der Waals surface area contributed by atoms with Gasteiger partial charge in [-0.15, -0.1) is 5.10 Å². The third-order valence-corrected chi connectivity index (χ3v) is 5.80. The molecule has 30 heavy (non-hydrogen) atoms. The number of carbonyl (C=O) groups excluding carboxylic acids is 1. The summed E-state index contributed by atoms with van der Waals surface area (Å²) < 4.78 is 13.4. The second-order valence-corrected chi connectivity index (χ2v) is 9.39. The second-order valence-electron chi connectivity index (χ2n) is 9.05. The number of nitrogens with zero attached hydrogens (tertiary/aromatic N) is 4. The maximum Gasteiger partial charge on any atom is 0.416 e. The van der Waals surface area contributed by atoms with Gasteiger partial charge < -0.3 is 14.6 Å². The zero-order valence-corrected chi connectivity index (χ0v) is 18.4. The summed E-state index contributed by atoms with van der Waals surface area (Å²) in [5, 5.41) is 13.8. The Morgan fingerprint density at radius 2 is 2.03 bits per heavy atom. The van der Waals surface area contributed by atoms with Crippen LogP contribution in [0.1, 0.15) is 71.1 Å². The van der Waals surface area contributed by atoms with E-state index in [1.807, 2.05) is 32.9 Å². The molecule has 2 aromatic rings. The van der Waals surface area contributed by atoms with Crippen LogP contribution in [0.4, 0.5) is 10.6 Å². The lowest BCUT2D eigenvalue weighted by molar-refractivity contribution is 0.00856. The van der Waals surface area contributed by atoms with E-state index in [-0.39, 0.29) is 30.1 Å². The van der Waals surface area contributed by atoms with E-state index in [9.17, 15) is 9.90 Å². The molecule has 2 atom stereocenters. The number of aliphatic hydroxyl groups is 1. The highest BCUT2D eigenvalue weighted by molar-refractivity contribution is 6.28. The van der Waals surface area contributed by atoms with Gasteiger partial charge >= 0.3 is 6.09 Å². The topological polar surface area (TPSA) is 89.2 Å². The lowest BCUT2D eigenvalue weighted by atomic mass is 10.1. The molecule has 9 heteroatoms. The van der Waals surface area contributed by atoms with Crippen LogP contribution in [0.15, 0.2) is 12.1 Å². The number of rotatable bonds is 4. The number of hydrogen-bond donors (Lipinski definition) is 1. The highest BCUT2D eigenvalue weighted by Crippen LogP contribution is 2.36. The molecule has 1 amide bonds. The van der Waals surface area contributed by atoms with Gasteiger partial charge in [0.2, 0.25) is 5.28 Å². The molecule has 1 unspecified atom stereocenters. The molecule has 2 fully saturated rings. The molecule has 2 aliphatic rings. The van der Waals surface area contributed by atoms with E-state index in [1.165, 1.54) is 0 Å². The first-order chi connectivity index (χ1) is 14.3. The van der Waals surface area contributed by atoms with Crippen LogP contribution >= 0.6 is 11.6 Å². The summed E-state index contributed by atoms with van der Waals surface area (Å²) in [5.41, 5.74) is 0.899. The molecule has 0 bridgehead atoms. The van der Waals surface area contributed by atoms with Crippen LogP contribution in [-0.2, 0) is 9.47 Å². The molecule has 0 spiro atoms. The second kappa shape index (κ2) is 8.32. The third-order valence-electron chi connectivity index (χ3n) is 5.64. The Morgan fingerprint density at radius 1 is 1.30 bits per heavy atom. The highest BCUT2D eigenvalue weighted by Gasteiger charge is 2.35. The highest BCUT2D eigenvalue weighted by atomic mass is 35.5. The molecular formula is C21H29ClN4O4. The smallest absolute Gasteiger partial charge is 0.416 e. The Hall–Kier alpha value is -1.90. The third kappa shape index (κ3) is 4.26. The predicted molar refractivity (Wildman–Crippen MR) is 113 cm³/mol. The van der Waals surface area contributed by atoms with Crippen LogP contribution in [0.3, 0.4) is 0 Å². The van der Waals surface area contributed by atoms with Gasteiger partial charge in [-0.05, 0) is 70.2 Å². The fourth-order valence-electron chi connectivity index (χ4n) is 4.34. The van der Waals surface area contributed by atoms with Crippen molar-refractivity contribution in [2.45, 2.75) is 83.1 Å². The first-order valence-electron chi connectivity index (χ1n) is 10.6. The van der Waals surface area contributed by atoms with E-state index in [2.05, 4.69) is 10.1 Å². The molecular weight excluding hydrogens is 408 g/mol. The summed E-state index contributed by atoms with van der Waals surface area (Å²) in [6.07, 6.45) is 4.69. The van der Waals surface area contributed by atoms with Crippen LogP contribution in [0.2, 0.25) is 5.28 Å². The average Bonchev–Trinajstić information content (AvgIpc) is 3.40. The van der Waals surface area contributed by atoms with Gasteiger partial charge in [-0.2, -0.15) is 4.98 Å². The van der Waals surface area contributed by atoms with Crippen molar-refractivity contribution in [2.24, 2.45) is 0 Å². The average molecular weight is 437 g/mol. The molecule has 1 saturated heterocycles. The molecule has 0 aromatic carbocycles. The van der Waals surface area contributed by atoms with Crippen molar-refractivity contribution in [3.8, 4) is 0 Å². The first kappa shape index (κ1) is 21.3. The SMILES string of the molecule is CC(C)(C)OC(=O)N(c1nc(Cl)nn2c([C@@H]3CCC(CO)O3)ccc12)C1CCCC1. The Labute approximate surface area is 181 Å². The number of ether oxygens (including phenoxy) is 2. The van der Waals surface area contributed by atoms with Crippen LogP contribution in [0, 0.1) is 0 Å². The largest absolute Gasteiger partial charge is 0.443 e. The van der Waals surface area contributed by atoms with Gasteiger partial charge in [0.05, 0.1) is 18.4 Å². The summed E-state index contributed by atoms with van der Waals surface area (Å²) in [6.45, 7) is 5.55. The van der Waals surface area contributed by atoms with Gasteiger partial charge in [-0.3, -0.25) is 4.90 Å². The van der Waals surface area contributed by atoms with E-state index >= 15 is 0 Å². The van der Waals surface area contributed by atoms with Crippen molar-refractivity contribution < 1.29 is 19.4 Å². The summed E-state index contributed by atoms with van der Waals surface area (Å²) in [6, 6.07) is 3.83. The minimum absolute atomic E-state index is 0.00506. The first-order valence-corrected chi connectivity index (χ1v) is 11.0. The minimum Gasteiger partial charge on any atom is -0.443 e. The fraction of sp³-hybridized carbons (Fsp3) is 0.667. The number of aromatic nitrogens is 3. The lowest BCUT2D eigenvalue weighted by Crippen LogP contribution is -2.43. The Balaban J connectivity index is 1.76. The van der Waals surface area contributed by atoms with E-state index in [0.717, 1.165) is 44.2 Å². The van der Waals surface area contributed by atoms with Crippen LogP contribution < -0.4 is 4.90 Å². The Kier molecular flexibility index (Phi) is 5.92. The van der Waals surface area contributed by atoms with Gasteiger partial charge in [-0.25, -0.2) is 9.31 Å². The predicted octanol–water partition coefficient (Wildman–Crippen LogP) is 4.28. The van der Waals surface area contributed by atoms with Crippen LogP contribution in [-0.4, -0.2) is 50.2 Å². The number of carbonyl (C=O) groups is 1. The molecule has 164 valence electrons. The van der Waals surface area contributed by atoms with Crippen molar-refractivity contribution in [3.05, 3.63) is 23.1 Å².